The average molecular weight is 626 g/mol. The molecule has 1 fully saturated rings. The molecule has 1 aliphatic heterocycles. The molecule has 2 aromatic rings. The van der Waals surface area contributed by atoms with Gasteiger partial charge in [0.1, 0.15) is 5.75 Å². The van der Waals surface area contributed by atoms with Crippen molar-refractivity contribution in [2.24, 2.45) is 17.6 Å². The van der Waals surface area contributed by atoms with Crippen LogP contribution in [0.4, 0.5) is 5.69 Å². The summed E-state index contributed by atoms with van der Waals surface area (Å²) in [6.45, 7) is 11.4. The van der Waals surface area contributed by atoms with Gasteiger partial charge in [-0.2, -0.15) is 0 Å². The van der Waals surface area contributed by atoms with Crippen molar-refractivity contribution in [2.45, 2.75) is 75.0 Å². The number of nitrogens with zero attached hydrogens (tertiary/aromatic N) is 1. The van der Waals surface area contributed by atoms with Gasteiger partial charge in [-0.15, -0.1) is 13.2 Å². The maximum Gasteiger partial charge on any atom is 0.264 e. The summed E-state index contributed by atoms with van der Waals surface area (Å²) in [5.41, 5.74) is 9.78. The van der Waals surface area contributed by atoms with Gasteiger partial charge < -0.3 is 15.4 Å². The van der Waals surface area contributed by atoms with Crippen molar-refractivity contribution in [3.05, 3.63) is 83.4 Å². The first kappa shape index (κ1) is 31.6. The minimum absolute atomic E-state index is 0.0668. The Kier molecular flexibility index (Phi) is 9.59. The number of nitrogens with two attached hydrogens (primary N) is 1. The molecule has 232 valence electrons. The Labute approximate surface area is 261 Å². The summed E-state index contributed by atoms with van der Waals surface area (Å²) in [4.78, 5) is 15.7. The first-order valence-electron chi connectivity index (χ1n) is 15.5. The van der Waals surface area contributed by atoms with Gasteiger partial charge in [0.25, 0.3) is 5.91 Å². The Bertz CT molecular complexity index is 1480. The molecule has 3 aliphatic rings. The molecule has 2 aliphatic carbocycles. The molecule has 1 spiro atoms. The van der Waals surface area contributed by atoms with Gasteiger partial charge >= 0.3 is 0 Å². The largest absolute Gasteiger partial charge is 0.490 e. The molecule has 9 heteroatoms. The van der Waals surface area contributed by atoms with Crippen LogP contribution in [0.1, 0.15) is 73.4 Å². The number of allylic oxidation sites excluding steroid dienone is 1. The monoisotopic (exact) mass is 625 g/mol. The molecule has 0 saturated heterocycles. The molecule has 1 saturated carbocycles. The van der Waals surface area contributed by atoms with Crippen LogP contribution < -0.4 is 20.1 Å². The molecule has 1 heterocycles. The van der Waals surface area contributed by atoms with Gasteiger partial charge in [0, 0.05) is 35.1 Å². The number of fused-ring (bicyclic) bond motifs is 3. The number of sulfonamides is 1. The molecule has 0 bridgehead atoms. The highest BCUT2D eigenvalue weighted by molar-refractivity contribution is 7.90. The van der Waals surface area contributed by atoms with Crippen molar-refractivity contribution in [3.63, 3.8) is 0 Å². The highest BCUT2D eigenvalue weighted by Gasteiger charge is 2.44. The predicted octanol–water partition coefficient (Wildman–Crippen LogP) is 6.16. The van der Waals surface area contributed by atoms with Crippen LogP contribution in [0.15, 0.2) is 61.7 Å². The fraction of sp³-hybridized carbons (Fsp3) is 0.500. The number of nitrogens with one attached hydrogen (secondary N) is 1. The highest BCUT2D eigenvalue weighted by Crippen LogP contribution is 2.46. The second-order valence-corrected chi connectivity index (χ2v) is 14.9. The molecule has 1 amide bonds. The lowest BCUT2D eigenvalue weighted by molar-refractivity contribution is 0.0981. The molecule has 7 nitrogen and oxygen atoms in total. The number of carbonyl (C=O) groups is 1. The quantitative estimate of drug-likeness (QED) is 0.290. The average Bonchev–Trinajstić information content (AvgIpc) is 3.12. The van der Waals surface area contributed by atoms with Gasteiger partial charge in [-0.25, -0.2) is 13.1 Å². The number of carbonyl (C=O) groups excluding carboxylic acids is 1. The number of halogens is 1. The number of anilines is 1. The van der Waals surface area contributed by atoms with E-state index in [2.05, 4.69) is 34.9 Å². The fourth-order valence-corrected chi connectivity index (χ4v) is 8.82. The molecule has 5 rings (SSSR count). The van der Waals surface area contributed by atoms with Crippen LogP contribution in [0.5, 0.6) is 5.75 Å². The van der Waals surface area contributed by atoms with Gasteiger partial charge in [0.2, 0.25) is 10.0 Å². The Morgan fingerprint density at radius 2 is 2.07 bits per heavy atom. The second kappa shape index (κ2) is 13.0. The maximum absolute atomic E-state index is 13.4. The molecule has 0 radical (unpaired) electrons. The Hall–Kier alpha value is -2.81. The molecular weight excluding hydrogens is 582 g/mol. The van der Waals surface area contributed by atoms with Crippen LogP contribution in [0.2, 0.25) is 5.02 Å². The van der Waals surface area contributed by atoms with Crippen molar-refractivity contribution in [3.8, 4) is 5.75 Å². The molecule has 3 N–H and O–H groups in total. The van der Waals surface area contributed by atoms with Gasteiger partial charge in [-0.1, -0.05) is 36.7 Å². The Morgan fingerprint density at radius 3 is 2.77 bits per heavy atom. The molecular formula is C34H44ClN3O4S. The minimum atomic E-state index is -3.85. The van der Waals surface area contributed by atoms with Crippen LogP contribution in [-0.4, -0.2) is 45.3 Å². The number of benzene rings is 2. The van der Waals surface area contributed by atoms with E-state index < -0.39 is 21.2 Å². The topological polar surface area (TPSA) is 102 Å². The summed E-state index contributed by atoms with van der Waals surface area (Å²) in [5.74, 6) is 0.777. The van der Waals surface area contributed by atoms with Crippen molar-refractivity contribution in [2.75, 3.05) is 24.6 Å². The fourth-order valence-electron chi connectivity index (χ4n) is 7.20. The van der Waals surface area contributed by atoms with Gasteiger partial charge in [0.05, 0.1) is 17.5 Å². The first-order chi connectivity index (χ1) is 20.6. The lowest BCUT2D eigenvalue weighted by Gasteiger charge is -2.45. The van der Waals surface area contributed by atoms with E-state index in [9.17, 15) is 13.2 Å². The zero-order valence-corrected chi connectivity index (χ0v) is 26.6. The molecule has 43 heavy (non-hydrogen) atoms. The summed E-state index contributed by atoms with van der Waals surface area (Å²) in [5, 5.41) is 0.0704. The van der Waals surface area contributed by atoms with E-state index in [1.54, 1.807) is 24.3 Å². The molecule has 0 aromatic heterocycles. The zero-order chi connectivity index (χ0) is 30.8. The highest BCUT2D eigenvalue weighted by atomic mass is 35.5. The molecule has 0 unspecified atom stereocenters. The normalized spacial score (nSPS) is 24.4. The van der Waals surface area contributed by atoms with Gasteiger partial charge in [0.15, 0.2) is 0 Å². The van der Waals surface area contributed by atoms with Crippen molar-refractivity contribution in [1.29, 1.82) is 0 Å². The third-order valence-corrected chi connectivity index (χ3v) is 12.0. The molecule has 5 atom stereocenters. The SMILES string of the molecule is C=CCC[C@@H](CC)S(=O)(=O)NC(=O)c1ccc2c(c1)N(C[C@@H]1CC[C@H]1[C@H](N)C=C)C[C@@]1(CCCc3cc(Cl)ccc31)CO2. The Morgan fingerprint density at radius 1 is 1.26 bits per heavy atom. The summed E-state index contributed by atoms with van der Waals surface area (Å²) in [6, 6.07) is 11.4. The third-order valence-electron chi connectivity index (χ3n) is 9.82. The van der Waals surface area contributed by atoms with Crippen LogP contribution in [0.3, 0.4) is 0 Å². The van der Waals surface area contributed by atoms with Gasteiger partial charge in [-0.3, -0.25) is 4.79 Å². The number of rotatable bonds is 11. The van der Waals surface area contributed by atoms with E-state index in [1.807, 2.05) is 19.1 Å². The van der Waals surface area contributed by atoms with E-state index >= 15 is 0 Å². The number of amides is 1. The van der Waals surface area contributed by atoms with Gasteiger partial charge in [-0.05, 0) is 105 Å². The zero-order valence-electron chi connectivity index (χ0n) is 25.1. The minimum Gasteiger partial charge on any atom is -0.490 e. The van der Waals surface area contributed by atoms with Crippen LogP contribution in [0, 0.1) is 11.8 Å². The third kappa shape index (κ3) is 6.52. The van der Waals surface area contributed by atoms with Crippen LogP contribution >= 0.6 is 11.6 Å². The van der Waals surface area contributed by atoms with E-state index in [0.29, 0.717) is 50.0 Å². The van der Waals surface area contributed by atoms with Crippen molar-refractivity contribution >= 4 is 33.2 Å². The summed E-state index contributed by atoms with van der Waals surface area (Å²) >= 11 is 6.39. The molecule has 2 aromatic carbocycles. The van der Waals surface area contributed by atoms with Crippen LogP contribution in [-0.2, 0) is 21.9 Å². The summed E-state index contributed by atoms with van der Waals surface area (Å²) in [6.07, 6.45) is 10.0. The lowest BCUT2D eigenvalue weighted by Crippen LogP contribution is -2.50. The summed E-state index contributed by atoms with van der Waals surface area (Å²) in [7, 11) is -3.85. The summed E-state index contributed by atoms with van der Waals surface area (Å²) < 4.78 is 35.1. The van der Waals surface area contributed by atoms with Crippen molar-refractivity contribution < 1.29 is 17.9 Å². The van der Waals surface area contributed by atoms with E-state index in [0.717, 1.165) is 49.4 Å². The number of hydrogen-bond acceptors (Lipinski definition) is 6. The first-order valence-corrected chi connectivity index (χ1v) is 17.4. The smallest absolute Gasteiger partial charge is 0.264 e. The maximum atomic E-state index is 13.4. The predicted molar refractivity (Wildman–Crippen MR) is 175 cm³/mol. The lowest BCUT2D eigenvalue weighted by atomic mass is 9.68. The standard InChI is InChI=1S/C34H44ClN3O4S/c1-4-7-10-27(5-2)43(40,41)37-33(39)24-12-16-32-31(19-24)38(20-25-11-14-28(25)30(36)6-3)21-34(22-42-32)17-8-9-23-18-26(35)13-15-29(23)34/h4,6,12-13,15-16,18-19,25,27-28,30H,1,3,5,7-11,14,17,20-22,36H2,2H3,(H,37,39)/t25-,27+,28+,30+,34-/m0/s1. The number of hydrogen-bond donors (Lipinski definition) is 2. The Balaban J connectivity index is 1.48. The second-order valence-electron chi connectivity index (χ2n) is 12.5. The van der Waals surface area contributed by atoms with E-state index in [1.165, 1.54) is 11.1 Å². The number of aryl methyl sites for hydroxylation is 1. The van der Waals surface area contributed by atoms with E-state index in [-0.39, 0.29) is 17.0 Å². The van der Waals surface area contributed by atoms with E-state index in [4.69, 9.17) is 22.1 Å². The number of ether oxygens (including phenoxy) is 1. The van der Waals surface area contributed by atoms with Crippen molar-refractivity contribution in [1.82, 2.24) is 4.72 Å². The van der Waals surface area contributed by atoms with Crippen LogP contribution in [0.25, 0.3) is 0 Å².